The van der Waals surface area contributed by atoms with Crippen LogP contribution in [-0.4, -0.2) is 46.3 Å². The van der Waals surface area contributed by atoms with Gasteiger partial charge in [-0.05, 0) is 49.1 Å². The predicted molar refractivity (Wildman–Crippen MR) is 123 cm³/mol. The molecule has 1 aliphatic heterocycles. The van der Waals surface area contributed by atoms with Crippen LogP contribution in [0.15, 0.2) is 60.7 Å². The standard InChI is InChI=1S/C26H31N3O3/c1-20-12-15-26(16-13-20)24(31)29(25(32)27-26)19-23(30)28(18-22-10-6-3-7-11-22)17-14-21-8-4-2-5-9-21/h2-11,20H,12-19H2,1H3,(H,27,32). The van der Waals surface area contributed by atoms with Crippen LogP contribution in [0.1, 0.15) is 43.7 Å². The molecule has 1 heterocycles. The molecule has 6 nitrogen and oxygen atoms in total. The molecule has 1 aliphatic carbocycles. The van der Waals surface area contributed by atoms with E-state index < -0.39 is 11.6 Å². The van der Waals surface area contributed by atoms with Gasteiger partial charge in [0, 0.05) is 13.1 Å². The lowest BCUT2D eigenvalue weighted by Crippen LogP contribution is -2.50. The van der Waals surface area contributed by atoms with Gasteiger partial charge in [-0.1, -0.05) is 67.6 Å². The monoisotopic (exact) mass is 433 g/mol. The number of carbonyl (C=O) groups excluding carboxylic acids is 3. The van der Waals surface area contributed by atoms with Crippen molar-refractivity contribution in [3.63, 3.8) is 0 Å². The van der Waals surface area contributed by atoms with E-state index in [4.69, 9.17) is 0 Å². The Hall–Kier alpha value is -3.15. The summed E-state index contributed by atoms with van der Waals surface area (Å²) in [4.78, 5) is 42.0. The summed E-state index contributed by atoms with van der Waals surface area (Å²) in [6.07, 6.45) is 3.81. The van der Waals surface area contributed by atoms with Crippen molar-refractivity contribution in [3.8, 4) is 0 Å². The lowest BCUT2D eigenvalue weighted by Gasteiger charge is -2.33. The van der Waals surface area contributed by atoms with Gasteiger partial charge in [-0.15, -0.1) is 0 Å². The van der Waals surface area contributed by atoms with Gasteiger partial charge in [0.05, 0.1) is 0 Å². The van der Waals surface area contributed by atoms with E-state index in [0.717, 1.165) is 28.9 Å². The second-order valence-electron chi connectivity index (χ2n) is 9.12. The summed E-state index contributed by atoms with van der Waals surface area (Å²) < 4.78 is 0. The van der Waals surface area contributed by atoms with Crippen molar-refractivity contribution in [2.24, 2.45) is 5.92 Å². The molecule has 4 rings (SSSR count). The molecule has 0 atom stereocenters. The van der Waals surface area contributed by atoms with Gasteiger partial charge in [0.15, 0.2) is 0 Å². The first-order valence-corrected chi connectivity index (χ1v) is 11.5. The second kappa shape index (κ2) is 9.55. The average Bonchev–Trinajstić information content (AvgIpc) is 3.04. The molecule has 0 bridgehead atoms. The SMILES string of the molecule is CC1CCC2(CC1)NC(=O)N(CC(=O)N(CCc1ccccc1)Cc1ccccc1)C2=O. The fraction of sp³-hybridized carbons (Fsp3) is 0.423. The number of hydrogen-bond donors (Lipinski definition) is 1. The van der Waals surface area contributed by atoms with E-state index in [9.17, 15) is 14.4 Å². The van der Waals surface area contributed by atoms with Crippen molar-refractivity contribution in [2.75, 3.05) is 13.1 Å². The number of carbonyl (C=O) groups is 3. The van der Waals surface area contributed by atoms with E-state index in [0.29, 0.717) is 38.3 Å². The van der Waals surface area contributed by atoms with Gasteiger partial charge in [0.25, 0.3) is 5.91 Å². The minimum atomic E-state index is -0.821. The maximum atomic E-state index is 13.3. The third kappa shape index (κ3) is 4.85. The van der Waals surface area contributed by atoms with Gasteiger partial charge in [0.1, 0.15) is 12.1 Å². The molecule has 2 aromatic carbocycles. The zero-order valence-electron chi connectivity index (χ0n) is 18.6. The Balaban J connectivity index is 1.46. The summed E-state index contributed by atoms with van der Waals surface area (Å²) in [5, 5.41) is 2.91. The fourth-order valence-corrected chi connectivity index (χ4v) is 4.65. The molecule has 0 aromatic heterocycles. The largest absolute Gasteiger partial charge is 0.336 e. The highest BCUT2D eigenvalue weighted by atomic mass is 16.2. The van der Waals surface area contributed by atoms with Gasteiger partial charge in [0.2, 0.25) is 5.91 Å². The smallest absolute Gasteiger partial charge is 0.325 e. The molecular weight excluding hydrogens is 402 g/mol. The van der Waals surface area contributed by atoms with Crippen LogP contribution in [0.3, 0.4) is 0 Å². The third-order valence-corrected chi connectivity index (χ3v) is 6.75. The highest BCUT2D eigenvalue weighted by Crippen LogP contribution is 2.36. The summed E-state index contributed by atoms with van der Waals surface area (Å²) in [5.41, 5.74) is 1.34. The van der Waals surface area contributed by atoms with E-state index in [1.165, 1.54) is 0 Å². The first-order valence-electron chi connectivity index (χ1n) is 11.5. The molecule has 1 N–H and O–H groups in total. The zero-order chi connectivity index (χ0) is 22.6. The van der Waals surface area contributed by atoms with Gasteiger partial charge >= 0.3 is 6.03 Å². The van der Waals surface area contributed by atoms with Crippen LogP contribution < -0.4 is 5.32 Å². The van der Waals surface area contributed by atoms with Crippen molar-refractivity contribution in [1.29, 1.82) is 0 Å². The first kappa shape index (κ1) is 22.1. The van der Waals surface area contributed by atoms with E-state index in [-0.39, 0.29) is 18.4 Å². The quantitative estimate of drug-likeness (QED) is 0.676. The Morgan fingerprint density at radius 3 is 2.22 bits per heavy atom. The predicted octanol–water partition coefficient (Wildman–Crippen LogP) is 3.76. The molecule has 1 saturated heterocycles. The molecule has 0 unspecified atom stereocenters. The number of amides is 4. The van der Waals surface area contributed by atoms with E-state index >= 15 is 0 Å². The zero-order valence-corrected chi connectivity index (χ0v) is 18.6. The molecule has 32 heavy (non-hydrogen) atoms. The second-order valence-corrected chi connectivity index (χ2v) is 9.12. The first-order chi connectivity index (χ1) is 15.5. The minimum Gasteiger partial charge on any atom is -0.336 e. The number of urea groups is 1. The highest BCUT2D eigenvalue weighted by Gasteiger charge is 2.52. The van der Waals surface area contributed by atoms with Crippen LogP contribution >= 0.6 is 0 Å². The van der Waals surface area contributed by atoms with Crippen LogP contribution in [-0.2, 0) is 22.6 Å². The summed E-state index contributed by atoms with van der Waals surface area (Å²) in [7, 11) is 0. The van der Waals surface area contributed by atoms with E-state index in [1.54, 1.807) is 4.90 Å². The number of imide groups is 1. The van der Waals surface area contributed by atoms with Crippen LogP contribution in [0.25, 0.3) is 0 Å². The van der Waals surface area contributed by atoms with Gasteiger partial charge in [-0.25, -0.2) is 4.79 Å². The summed E-state index contributed by atoms with van der Waals surface area (Å²) in [6, 6.07) is 19.4. The molecule has 4 amide bonds. The summed E-state index contributed by atoms with van der Waals surface area (Å²) >= 11 is 0. The number of benzene rings is 2. The number of nitrogens with zero attached hydrogens (tertiary/aromatic N) is 2. The van der Waals surface area contributed by atoms with Crippen molar-refractivity contribution < 1.29 is 14.4 Å². The van der Waals surface area contributed by atoms with Crippen molar-refractivity contribution in [3.05, 3.63) is 71.8 Å². The van der Waals surface area contributed by atoms with Crippen molar-refractivity contribution in [2.45, 2.75) is 51.1 Å². The Morgan fingerprint density at radius 2 is 1.59 bits per heavy atom. The topological polar surface area (TPSA) is 69.7 Å². The molecule has 168 valence electrons. The van der Waals surface area contributed by atoms with Crippen molar-refractivity contribution in [1.82, 2.24) is 15.1 Å². The fourth-order valence-electron chi connectivity index (χ4n) is 4.65. The van der Waals surface area contributed by atoms with Gasteiger partial charge in [-0.3, -0.25) is 14.5 Å². The Kier molecular flexibility index (Phi) is 6.58. The Bertz CT molecular complexity index is 953. The molecule has 1 spiro atoms. The molecule has 0 radical (unpaired) electrons. The van der Waals surface area contributed by atoms with Crippen LogP contribution in [0, 0.1) is 5.92 Å². The molecule has 2 aromatic rings. The lowest BCUT2D eigenvalue weighted by atomic mass is 9.77. The maximum Gasteiger partial charge on any atom is 0.325 e. The number of hydrogen-bond acceptors (Lipinski definition) is 3. The molecule has 2 aliphatic rings. The molecule has 2 fully saturated rings. The normalized spacial score (nSPS) is 22.8. The van der Waals surface area contributed by atoms with Crippen LogP contribution in [0.5, 0.6) is 0 Å². The highest BCUT2D eigenvalue weighted by molar-refractivity contribution is 6.09. The molecule has 6 heteroatoms. The third-order valence-electron chi connectivity index (χ3n) is 6.75. The maximum absolute atomic E-state index is 13.3. The van der Waals surface area contributed by atoms with Crippen LogP contribution in [0.2, 0.25) is 0 Å². The van der Waals surface area contributed by atoms with Gasteiger partial charge < -0.3 is 10.2 Å². The van der Waals surface area contributed by atoms with Crippen LogP contribution in [0.4, 0.5) is 4.79 Å². The van der Waals surface area contributed by atoms with E-state index in [1.807, 2.05) is 60.7 Å². The molecule has 1 saturated carbocycles. The number of rotatable bonds is 7. The summed E-state index contributed by atoms with van der Waals surface area (Å²) in [5.74, 6) is 0.0975. The lowest BCUT2D eigenvalue weighted by molar-refractivity contribution is -0.140. The minimum absolute atomic E-state index is 0.213. The Morgan fingerprint density at radius 1 is 1.00 bits per heavy atom. The van der Waals surface area contributed by atoms with Crippen molar-refractivity contribution >= 4 is 17.8 Å². The van der Waals surface area contributed by atoms with Gasteiger partial charge in [-0.2, -0.15) is 0 Å². The summed E-state index contributed by atoms with van der Waals surface area (Å²) in [6.45, 7) is 2.91. The van der Waals surface area contributed by atoms with E-state index in [2.05, 4.69) is 12.2 Å². The Labute approximate surface area is 189 Å². The average molecular weight is 434 g/mol. The number of nitrogens with one attached hydrogen (secondary N) is 1. The molecular formula is C26H31N3O3.